The summed E-state index contributed by atoms with van der Waals surface area (Å²) in [6.45, 7) is 19.9. The molecule has 9 heteroatoms. The van der Waals surface area contributed by atoms with E-state index in [2.05, 4.69) is 34.6 Å². The molecular formula is C38H61NO8. The molecule has 0 aromatic rings. The first-order valence-corrected chi connectivity index (χ1v) is 18.6. The van der Waals surface area contributed by atoms with Gasteiger partial charge in [0, 0.05) is 25.8 Å². The number of ether oxygens (including phenoxy) is 4. The standard InChI is InChI=1S/C38H61NO8/c1-21-18-24(32(34(6,7)43)45-23(3)41)46-30-29(21)35(8)14-15-38-20-37(38)13-12-27(47-28-19-39(22(2)40)16-17-44-28)33(4,5)25(37)10-11-26(38)36(35,9)31(30)42/h21,24-32,42-43H,10-20H2,1-9H3/t21-,24?,25+,26+,27?,28+,29?,30?,31+,32+,35-,36-,37-,38?/m1/s1. The molecule has 5 aliphatic carbocycles. The first-order chi connectivity index (χ1) is 21.8. The zero-order valence-corrected chi connectivity index (χ0v) is 30.3. The second-order valence-electron chi connectivity index (χ2n) is 18.6. The average Bonchev–Trinajstić information content (AvgIpc) is 3.61. The highest BCUT2D eigenvalue weighted by atomic mass is 16.7. The Morgan fingerprint density at radius 1 is 1.00 bits per heavy atom. The maximum atomic E-state index is 12.5. The van der Waals surface area contributed by atoms with Crippen LogP contribution in [0.5, 0.6) is 0 Å². The molecule has 14 atom stereocenters. The molecule has 7 fully saturated rings. The number of morpholine rings is 1. The summed E-state index contributed by atoms with van der Waals surface area (Å²) in [5.41, 5.74) is -1.16. The van der Waals surface area contributed by atoms with Gasteiger partial charge in [0.15, 0.2) is 12.4 Å². The highest BCUT2D eigenvalue weighted by molar-refractivity contribution is 5.73. The van der Waals surface area contributed by atoms with Crippen LogP contribution in [0.3, 0.4) is 0 Å². The van der Waals surface area contributed by atoms with Gasteiger partial charge < -0.3 is 34.1 Å². The number of fused-ring (bicyclic) bond motifs is 4. The van der Waals surface area contributed by atoms with Gasteiger partial charge in [-0.3, -0.25) is 9.59 Å². The van der Waals surface area contributed by atoms with Crippen LogP contribution >= 0.6 is 0 Å². The minimum Gasteiger partial charge on any atom is -0.457 e. The third-order valence-electron chi connectivity index (χ3n) is 15.9. The molecule has 2 saturated heterocycles. The minimum absolute atomic E-state index is 0.0216. The number of rotatable bonds is 5. The second kappa shape index (κ2) is 10.9. The zero-order valence-electron chi connectivity index (χ0n) is 30.3. The van der Waals surface area contributed by atoms with Gasteiger partial charge in [-0.2, -0.15) is 0 Å². The molecule has 2 N–H and O–H groups in total. The minimum atomic E-state index is -1.26. The lowest BCUT2D eigenvalue weighted by Crippen LogP contribution is -2.60. The third kappa shape index (κ3) is 4.64. The lowest BCUT2D eigenvalue weighted by atomic mass is 9.41. The maximum absolute atomic E-state index is 12.5. The van der Waals surface area contributed by atoms with Crippen molar-refractivity contribution in [2.45, 2.75) is 156 Å². The number of carbonyl (C=O) groups excluding carboxylic acids is 2. The van der Waals surface area contributed by atoms with Crippen LogP contribution in [0.4, 0.5) is 0 Å². The predicted octanol–water partition coefficient (Wildman–Crippen LogP) is 5.09. The summed E-state index contributed by atoms with van der Waals surface area (Å²) in [6.07, 6.45) is 6.05. The number of nitrogens with zero attached hydrogens (tertiary/aromatic N) is 1. The van der Waals surface area contributed by atoms with Crippen molar-refractivity contribution in [3.63, 3.8) is 0 Å². The summed E-state index contributed by atoms with van der Waals surface area (Å²) in [4.78, 5) is 26.0. The number of aliphatic hydroxyl groups excluding tert-OH is 1. The molecule has 7 aliphatic rings. The molecule has 47 heavy (non-hydrogen) atoms. The Morgan fingerprint density at radius 3 is 2.34 bits per heavy atom. The fraction of sp³-hybridized carbons (Fsp3) is 0.947. The number of carbonyl (C=O) groups is 2. The van der Waals surface area contributed by atoms with E-state index in [0.29, 0.717) is 38.0 Å². The summed E-state index contributed by atoms with van der Waals surface area (Å²) >= 11 is 0. The Balaban J connectivity index is 1.13. The van der Waals surface area contributed by atoms with Gasteiger partial charge >= 0.3 is 5.97 Å². The SMILES string of the molecule is CC(=O)O[C@@H](C1C[C@@H](C)C2C(O1)[C@H](O)[C@@]1(C)[C@@H]3CC[C@H]4C(C)(C)C(O[C@H]5CN(C(C)=O)CCO5)CC[C@@]45CC35CC[C@]21C)C(C)(C)O. The summed E-state index contributed by atoms with van der Waals surface area (Å²) < 4.78 is 25.3. The van der Waals surface area contributed by atoms with Crippen LogP contribution in [0, 0.1) is 50.7 Å². The van der Waals surface area contributed by atoms with Gasteiger partial charge in [-0.15, -0.1) is 0 Å². The molecule has 9 nitrogen and oxygen atoms in total. The number of amides is 1. The van der Waals surface area contributed by atoms with E-state index in [-0.39, 0.29) is 63.3 Å². The second-order valence-corrected chi connectivity index (χ2v) is 18.6. The Labute approximate surface area is 281 Å². The molecule has 2 heterocycles. The van der Waals surface area contributed by atoms with Gasteiger partial charge in [0.2, 0.25) is 5.91 Å². The van der Waals surface area contributed by atoms with Crippen LogP contribution in [-0.2, 0) is 28.5 Å². The van der Waals surface area contributed by atoms with Crippen LogP contribution < -0.4 is 0 Å². The summed E-state index contributed by atoms with van der Waals surface area (Å²) in [5.74, 6) is 1.06. The summed E-state index contributed by atoms with van der Waals surface area (Å²) in [7, 11) is 0. The third-order valence-corrected chi connectivity index (χ3v) is 15.9. The number of hydrogen-bond acceptors (Lipinski definition) is 8. The quantitative estimate of drug-likeness (QED) is 0.393. The normalized spacial score (nSPS) is 50.6. The highest BCUT2D eigenvalue weighted by Crippen LogP contribution is 2.89. The fourth-order valence-electron chi connectivity index (χ4n) is 13.8. The van der Waals surface area contributed by atoms with Gasteiger partial charge in [0.05, 0.1) is 43.2 Å². The number of aliphatic hydroxyl groups is 2. The lowest BCUT2D eigenvalue weighted by molar-refractivity contribution is -0.247. The number of esters is 1. The Kier molecular flexibility index (Phi) is 7.91. The van der Waals surface area contributed by atoms with Crippen LogP contribution in [-0.4, -0.2) is 89.1 Å². The monoisotopic (exact) mass is 659 g/mol. The molecule has 7 rings (SSSR count). The van der Waals surface area contributed by atoms with E-state index < -0.39 is 29.9 Å². The van der Waals surface area contributed by atoms with E-state index in [1.54, 1.807) is 20.8 Å². The van der Waals surface area contributed by atoms with Gasteiger partial charge in [0.25, 0.3) is 0 Å². The van der Waals surface area contributed by atoms with Crippen molar-refractivity contribution >= 4 is 11.9 Å². The topological polar surface area (TPSA) is 115 Å². The van der Waals surface area contributed by atoms with Crippen LogP contribution in [0.1, 0.15) is 114 Å². The molecule has 0 aromatic carbocycles. The Hall–Kier alpha value is -1.26. The van der Waals surface area contributed by atoms with Crippen molar-refractivity contribution in [1.29, 1.82) is 0 Å². The molecule has 2 aliphatic heterocycles. The first-order valence-electron chi connectivity index (χ1n) is 18.6. The maximum Gasteiger partial charge on any atom is 0.303 e. The molecule has 0 aromatic heterocycles. The van der Waals surface area contributed by atoms with Crippen molar-refractivity contribution in [3.05, 3.63) is 0 Å². The van der Waals surface area contributed by atoms with Crippen LogP contribution in [0.15, 0.2) is 0 Å². The Morgan fingerprint density at radius 2 is 1.68 bits per heavy atom. The zero-order chi connectivity index (χ0) is 34.1. The molecule has 1 amide bonds. The smallest absolute Gasteiger partial charge is 0.303 e. The van der Waals surface area contributed by atoms with E-state index >= 15 is 0 Å². The lowest BCUT2D eigenvalue weighted by Gasteiger charge is -2.64. The van der Waals surface area contributed by atoms with Crippen molar-refractivity contribution in [1.82, 2.24) is 4.90 Å². The van der Waals surface area contributed by atoms with E-state index in [9.17, 15) is 19.8 Å². The summed E-state index contributed by atoms with van der Waals surface area (Å²) in [6, 6.07) is 0. The fourth-order valence-corrected chi connectivity index (χ4v) is 13.8. The van der Waals surface area contributed by atoms with Gasteiger partial charge in [-0.05, 0) is 111 Å². The molecule has 266 valence electrons. The predicted molar refractivity (Wildman–Crippen MR) is 175 cm³/mol. The number of hydrogen-bond donors (Lipinski definition) is 2. The van der Waals surface area contributed by atoms with Gasteiger partial charge in [0.1, 0.15) is 0 Å². The average molecular weight is 660 g/mol. The summed E-state index contributed by atoms with van der Waals surface area (Å²) in [5, 5.41) is 23.6. The van der Waals surface area contributed by atoms with Gasteiger partial charge in [-0.25, -0.2) is 0 Å². The molecule has 5 saturated carbocycles. The van der Waals surface area contributed by atoms with E-state index in [1.165, 1.54) is 19.8 Å². The molecule has 2 spiro atoms. The van der Waals surface area contributed by atoms with E-state index in [1.807, 2.05) is 4.90 Å². The largest absolute Gasteiger partial charge is 0.457 e. The van der Waals surface area contributed by atoms with E-state index in [4.69, 9.17) is 18.9 Å². The molecular weight excluding hydrogens is 598 g/mol. The van der Waals surface area contributed by atoms with E-state index in [0.717, 1.165) is 32.1 Å². The highest BCUT2D eigenvalue weighted by Gasteiger charge is 2.84. The molecule has 0 radical (unpaired) electrons. The van der Waals surface area contributed by atoms with Crippen molar-refractivity contribution < 1.29 is 38.7 Å². The first kappa shape index (κ1) is 34.2. The Bertz CT molecular complexity index is 1280. The van der Waals surface area contributed by atoms with Crippen LogP contribution in [0.2, 0.25) is 0 Å². The van der Waals surface area contributed by atoms with Crippen LogP contribution in [0.25, 0.3) is 0 Å². The van der Waals surface area contributed by atoms with Crippen molar-refractivity contribution in [3.8, 4) is 0 Å². The molecule has 5 unspecified atom stereocenters. The van der Waals surface area contributed by atoms with Gasteiger partial charge in [-0.1, -0.05) is 34.6 Å². The van der Waals surface area contributed by atoms with Crippen molar-refractivity contribution in [2.75, 3.05) is 19.7 Å². The molecule has 0 bridgehead atoms. The van der Waals surface area contributed by atoms with Crippen molar-refractivity contribution in [2.24, 2.45) is 50.7 Å².